The summed E-state index contributed by atoms with van der Waals surface area (Å²) in [5.41, 5.74) is 6.39. The van der Waals surface area contributed by atoms with Crippen LogP contribution in [0.3, 0.4) is 0 Å². The predicted octanol–water partition coefficient (Wildman–Crippen LogP) is 2.06. The van der Waals surface area contributed by atoms with Crippen molar-refractivity contribution in [3.63, 3.8) is 0 Å². The normalized spacial score (nSPS) is 14.8. The summed E-state index contributed by atoms with van der Waals surface area (Å²) in [5.74, 6) is 5.75. The van der Waals surface area contributed by atoms with Crippen LogP contribution in [-0.4, -0.2) is 31.7 Å². The first-order valence-electron chi connectivity index (χ1n) is 7.40. The molecule has 0 radical (unpaired) electrons. The van der Waals surface area contributed by atoms with E-state index in [2.05, 4.69) is 17.2 Å². The van der Waals surface area contributed by atoms with Gasteiger partial charge in [0.05, 0.1) is 29.0 Å². The average Bonchev–Trinajstić information content (AvgIpc) is 3.11. The van der Waals surface area contributed by atoms with Gasteiger partial charge in [-0.15, -0.1) is 11.3 Å². The molecule has 0 aliphatic heterocycles. The molecule has 1 aromatic rings. The van der Waals surface area contributed by atoms with Crippen molar-refractivity contribution in [3.05, 3.63) is 21.4 Å². The molecule has 1 saturated carbocycles. The maximum atomic E-state index is 12.1. The monoisotopic (exact) mass is 306 g/mol. The topological polar surface area (TPSA) is 64.3 Å². The second-order valence-corrected chi connectivity index (χ2v) is 6.21. The van der Waals surface area contributed by atoms with Crippen molar-refractivity contribution >= 4 is 17.2 Å². The van der Waals surface area contributed by atoms with Gasteiger partial charge in [0, 0.05) is 6.54 Å². The summed E-state index contributed by atoms with van der Waals surface area (Å²) in [5, 5.41) is 2.89. The molecule has 1 heterocycles. The quantitative estimate of drug-likeness (QED) is 0.646. The van der Waals surface area contributed by atoms with E-state index in [1.54, 1.807) is 0 Å². The Labute approximate surface area is 130 Å². The third-order valence-corrected chi connectivity index (χ3v) is 4.64. The zero-order valence-corrected chi connectivity index (χ0v) is 13.2. The van der Waals surface area contributed by atoms with E-state index in [-0.39, 0.29) is 5.91 Å². The van der Waals surface area contributed by atoms with E-state index in [0.29, 0.717) is 30.7 Å². The number of amides is 1. The summed E-state index contributed by atoms with van der Waals surface area (Å²) in [6.45, 7) is 3.42. The van der Waals surface area contributed by atoms with Gasteiger partial charge < -0.3 is 15.8 Å². The van der Waals surface area contributed by atoms with Crippen LogP contribution in [0, 0.1) is 18.8 Å². The Morgan fingerprint density at radius 2 is 2.29 bits per heavy atom. The molecule has 1 fully saturated rings. The molecular weight excluding hydrogens is 284 g/mol. The lowest BCUT2D eigenvalue weighted by atomic mass is 10.2. The van der Waals surface area contributed by atoms with Gasteiger partial charge in [0.2, 0.25) is 0 Å². The number of hydrogen-bond donors (Lipinski definition) is 2. The van der Waals surface area contributed by atoms with Gasteiger partial charge in [-0.1, -0.05) is 24.7 Å². The maximum absolute atomic E-state index is 12.1. The van der Waals surface area contributed by atoms with Crippen LogP contribution in [0.1, 0.15) is 45.8 Å². The van der Waals surface area contributed by atoms with Crippen LogP contribution < -0.4 is 11.1 Å². The van der Waals surface area contributed by atoms with E-state index in [1.807, 2.05) is 13.0 Å². The first kappa shape index (κ1) is 16.0. The average molecular weight is 306 g/mol. The molecule has 0 atom stereocenters. The summed E-state index contributed by atoms with van der Waals surface area (Å²) in [6, 6.07) is 1.87. The second kappa shape index (κ2) is 8.18. The molecule has 1 aromatic heterocycles. The number of thiophene rings is 1. The Balaban J connectivity index is 1.77. The molecular formula is C16H22N2O2S. The van der Waals surface area contributed by atoms with Gasteiger partial charge >= 0.3 is 0 Å². The molecule has 0 unspecified atom stereocenters. The van der Waals surface area contributed by atoms with E-state index >= 15 is 0 Å². The molecule has 114 valence electrons. The number of carbonyl (C=O) groups excluding carboxylic acids is 1. The fourth-order valence-electron chi connectivity index (χ4n) is 2.38. The van der Waals surface area contributed by atoms with Gasteiger partial charge in [-0.3, -0.25) is 4.79 Å². The third-order valence-electron chi connectivity index (χ3n) is 3.49. The number of rotatable bonds is 5. The van der Waals surface area contributed by atoms with Gasteiger partial charge in [-0.05, 0) is 31.4 Å². The lowest BCUT2D eigenvalue weighted by molar-refractivity contribution is 0.0582. The Hall–Kier alpha value is -1.35. The number of carbonyl (C=O) groups is 1. The van der Waals surface area contributed by atoms with Crippen molar-refractivity contribution in [3.8, 4) is 11.8 Å². The van der Waals surface area contributed by atoms with Crippen LogP contribution in [0.15, 0.2) is 6.07 Å². The molecule has 1 aliphatic carbocycles. The lowest BCUT2D eigenvalue weighted by Crippen LogP contribution is -2.27. The van der Waals surface area contributed by atoms with Gasteiger partial charge in [-0.25, -0.2) is 0 Å². The molecule has 4 nitrogen and oxygen atoms in total. The Bertz CT molecular complexity index is 536. The van der Waals surface area contributed by atoms with E-state index in [0.717, 1.165) is 23.3 Å². The highest BCUT2D eigenvalue weighted by Gasteiger charge is 2.15. The molecule has 5 heteroatoms. The minimum absolute atomic E-state index is 0.0566. The molecule has 0 bridgehead atoms. The standard InChI is InChI=1S/C16H22N2O2S/c1-12-11-15(21-14(12)7-4-8-17)16(19)18-9-10-20-13-5-2-3-6-13/h11,13H,2-3,5-6,8-10,17H2,1H3,(H,18,19). The Kier molecular flexibility index (Phi) is 6.24. The van der Waals surface area contributed by atoms with Crippen LogP contribution in [0.25, 0.3) is 0 Å². The SMILES string of the molecule is Cc1cc(C(=O)NCCOC2CCCC2)sc1C#CCN. The highest BCUT2D eigenvalue weighted by molar-refractivity contribution is 7.14. The van der Waals surface area contributed by atoms with Crippen molar-refractivity contribution in [1.29, 1.82) is 0 Å². The fourth-order valence-corrected chi connectivity index (χ4v) is 3.35. The van der Waals surface area contributed by atoms with Crippen molar-refractivity contribution in [2.24, 2.45) is 5.73 Å². The van der Waals surface area contributed by atoms with Crippen LogP contribution in [0.5, 0.6) is 0 Å². The van der Waals surface area contributed by atoms with Crippen LogP contribution in [0.2, 0.25) is 0 Å². The number of nitrogens with one attached hydrogen (secondary N) is 1. The predicted molar refractivity (Wildman–Crippen MR) is 85.5 cm³/mol. The summed E-state index contributed by atoms with van der Waals surface area (Å²) in [4.78, 5) is 13.7. The zero-order chi connectivity index (χ0) is 15.1. The smallest absolute Gasteiger partial charge is 0.261 e. The highest BCUT2D eigenvalue weighted by atomic mass is 32.1. The Morgan fingerprint density at radius 3 is 3.00 bits per heavy atom. The summed E-state index contributed by atoms with van der Waals surface area (Å²) >= 11 is 1.41. The fraction of sp³-hybridized carbons (Fsp3) is 0.562. The molecule has 0 saturated heterocycles. The van der Waals surface area contributed by atoms with Crippen molar-refractivity contribution in [2.45, 2.75) is 38.7 Å². The lowest BCUT2D eigenvalue weighted by Gasteiger charge is -2.11. The van der Waals surface area contributed by atoms with Crippen molar-refractivity contribution in [2.75, 3.05) is 19.7 Å². The van der Waals surface area contributed by atoms with Gasteiger partial charge in [0.25, 0.3) is 5.91 Å². The number of hydrogen-bond acceptors (Lipinski definition) is 4. The first-order chi connectivity index (χ1) is 10.2. The molecule has 0 spiro atoms. The first-order valence-corrected chi connectivity index (χ1v) is 8.21. The minimum Gasteiger partial charge on any atom is -0.376 e. The number of aryl methyl sites for hydroxylation is 1. The molecule has 3 N–H and O–H groups in total. The summed E-state index contributed by atoms with van der Waals surface area (Å²) < 4.78 is 5.72. The van der Waals surface area contributed by atoms with Gasteiger partial charge in [0.1, 0.15) is 0 Å². The second-order valence-electron chi connectivity index (χ2n) is 5.16. The van der Waals surface area contributed by atoms with Crippen LogP contribution in [0.4, 0.5) is 0 Å². The highest BCUT2D eigenvalue weighted by Crippen LogP contribution is 2.21. The number of ether oxygens (including phenoxy) is 1. The van der Waals surface area contributed by atoms with E-state index in [4.69, 9.17) is 10.5 Å². The summed E-state index contributed by atoms with van der Waals surface area (Å²) in [6.07, 6.45) is 5.22. The molecule has 21 heavy (non-hydrogen) atoms. The molecule has 2 rings (SSSR count). The van der Waals surface area contributed by atoms with E-state index in [9.17, 15) is 4.79 Å². The number of nitrogens with two attached hydrogens (primary N) is 1. The molecule has 1 amide bonds. The Morgan fingerprint density at radius 1 is 1.52 bits per heavy atom. The summed E-state index contributed by atoms with van der Waals surface area (Å²) in [7, 11) is 0. The largest absolute Gasteiger partial charge is 0.376 e. The maximum Gasteiger partial charge on any atom is 0.261 e. The van der Waals surface area contributed by atoms with Crippen molar-refractivity contribution < 1.29 is 9.53 Å². The molecule has 0 aromatic carbocycles. The van der Waals surface area contributed by atoms with E-state index in [1.165, 1.54) is 24.2 Å². The van der Waals surface area contributed by atoms with Crippen molar-refractivity contribution in [1.82, 2.24) is 5.32 Å². The third kappa shape index (κ3) is 4.85. The van der Waals surface area contributed by atoms with E-state index < -0.39 is 0 Å². The van der Waals surface area contributed by atoms with Gasteiger partial charge in [0.15, 0.2) is 0 Å². The van der Waals surface area contributed by atoms with Crippen LogP contribution >= 0.6 is 11.3 Å². The van der Waals surface area contributed by atoms with Gasteiger partial charge in [-0.2, -0.15) is 0 Å². The van der Waals surface area contributed by atoms with Crippen LogP contribution in [-0.2, 0) is 4.74 Å². The minimum atomic E-state index is -0.0566. The zero-order valence-electron chi connectivity index (χ0n) is 12.4. The molecule has 1 aliphatic rings.